The summed E-state index contributed by atoms with van der Waals surface area (Å²) >= 11 is 6.53. The maximum atomic E-state index is 14.0. The number of hydrogen-bond donors (Lipinski definition) is 2. The van der Waals surface area contributed by atoms with Crippen molar-refractivity contribution in [2.24, 2.45) is 0 Å². The molecular weight excluding hydrogens is 622 g/mol. The van der Waals surface area contributed by atoms with Crippen molar-refractivity contribution in [2.75, 3.05) is 12.1 Å². The molecule has 5 aromatic rings. The summed E-state index contributed by atoms with van der Waals surface area (Å²) in [6.07, 6.45) is 0. The average Bonchev–Trinajstić information content (AvgIpc) is 3.81. The Balaban J connectivity index is 1.31. The van der Waals surface area contributed by atoms with Gasteiger partial charge in [0, 0.05) is 12.0 Å². The lowest BCUT2D eigenvalue weighted by Crippen LogP contribution is -2.26. The van der Waals surface area contributed by atoms with Gasteiger partial charge in [0.05, 0.1) is 39.3 Å². The van der Waals surface area contributed by atoms with Gasteiger partial charge in [-0.3, -0.25) is 9.59 Å². The molecule has 0 saturated heterocycles. The molecular formula is C33H30ClN9O4. The van der Waals surface area contributed by atoms with Gasteiger partial charge in [0.2, 0.25) is 6.79 Å². The van der Waals surface area contributed by atoms with Crippen LogP contribution in [-0.4, -0.2) is 48.6 Å². The molecule has 2 aromatic heterocycles. The molecule has 0 bridgehead atoms. The van der Waals surface area contributed by atoms with E-state index in [1.807, 2.05) is 26.8 Å². The number of halogens is 1. The van der Waals surface area contributed by atoms with Crippen molar-refractivity contribution >= 4 is 29.1 Å². The van der Waals surface area contributed by atoms with E-state index < -0.39 is 11.8 Å². The number of tetrazole rings is 1. The van der Waals surface area contributed by atoms with Crippen molar-refractivity contribution in [3.8, 4) is 23.3 Å². The molecule has 238 valence electrons. The summed E-state index contributed by atoms with van der Waals surface area (Å²) in [5, 5.41) is 33.2. The molecule has 2 amide bonds. The van der Waals surface area contributed by atoms with Crippen LogP contribution in [0.4, 0.5) is 5.69 Å². The van der Waals surface area contributed by atoms with Crippen molar-refractivity contribution in [2.45, 2.75) is 46.2 Å². The minimum absolute atomic E-state index is 0.126. The number of nitrogens with one attached hydrogen (secondary N) is 2. The van der Waals surface area contributed by atoms with Crippen LogP contribution in [0.3, 0.4) is 0 Å². The Morgan fingerprint density at radius 3 is 2.55 bits per heavy atom. The third-order valence-electron chi connectivity index (χ3n) is 7.34. The number of nitriles is 1. The molecule has 1 aliphatic heterocycles. The molecule has 1 aliphatic rings. The van der Waals surface area contributed by atoms with Crippen LogP contribution < -0.4 is 20.1 Å². The number of anilines is 1. The highest BCUT2D eigenvalue weighted by Gasteiger charge is 2.24. The molecule has 2 N–H and O–H groups in total. The predicted molar refractivity (Wildman–Crippen MR) is 172 cm³/mol. The maximum absolute atomic E-state index is 14.0. The first-order chi connectivity index (χ1) is 22.5. The maximum Gasteiger partial charge on any atom is 0.274 e. The number of benzene rings is 3. The van der Waals surface area contributed by atoms with E-state index in [0.29, 0.717) is 39.3 Å². The number of aromatic nitrogens is 6. The Morgan fingerprint density at radius 2 is 1.81 bits per heavy atom. The Labute approximate surface area is 275 Å². The molecule has 0 atom stereocenters. The molecule has 13 nitrogen and oxygen atoms in total. The van der Waals surface area contributed by atoms with E-state index >= 15 is 0 Å². The largest absolute Gasteiger partial charge is 0.454 e. The zero-order chi connectivity index (χ0) is 33.3. The van der Waals surface area contributed by atoms with Gasteiger partial charge in [0.15, 0.2) is 17.3 Å². The standard InChI is InChI=1S/C33H30ClN9O4/c1-19-11-21(15-35)12-23(30(44)36-16-20-9-10-27-28(13-20)47-18-46-27)29(19)37-31(45)26-14-22(17-42-40-32(38-41-42)33(2,3)4)39-43(26)25-8-6-5-7-24(25)34/h5-14H,16-18H2,1-4H3,(H,36,44)(H,37,45). The van der Waals surface area contributed by atoms with E-state index in [1.165, 1.54) is 15.5 Å². The predicted octanol–water partition coefficient (Wildman–Crippen LogP) is 4.95. The summed E-state index contributed by atoms with van der Waals surface area (Å²) in [6, 6.07) is 19.1. The molecule has 0 radical (unpaired) electrons. The highest BCUT2D eigenvalue weighted by molar-refractivity contribution is 6.32. The second-order valence-corrected chi connectivity index (χ2v) is 12.3. The molecule has 0 saturated carbocycles. The summed E-state index contributed by atoms with van der Waals surface area (Å²) in [4.78, 5) is 29.0. The van der Waals surface area contributed by atoms with Gasteiger partial charge in [0.1, 0.15) is 12.2 Å². The average molecular weight is 652 g/mol. The minimum Gasteiger partial charge on any atom is -0.454 e. The lowest BCUT2D eigenvalue weighted by molar-refractivity contribution is 0.0951. The quantitative estimate of drug-likeness (QED) is 0.236. The number of amides is 2. The molecule has 0 unspecified atom stereocenters. The molecule has 0 aliphatic carbocycles. The fourth-order valence-corrected chi connectivity index (χ4v) is 5.15. The van der Waals surface area contributed by atoms with Crippen molar-refractivity contribution in [3.05, 3.63) is 105 Å². The number of hydrogen-bond acceptors (Lipinski definition) is 9. The van der Waals surface area contributed by atoms with E-state index in [9.17, 15) is 14.9 Å². The molecule has 6 rings (SSSR count). The van der Waals surface area contributed by atoms with Gasteiger partial charge in [-0.1, -0.05) is 50.6 Å². The van der Waals surface area contributed by atoms with E-state index in [-0.39, 0.29) is 47.8 Å². The number of para-hydroxylation sites is 1. The highest BCUT2D eigenvalue weighted by atomic mass is 35.5. The van der Waals surface area contributed by atoms with Crippen molar-refractivity contribution in [3.63, 3.8) is 0 Å². The number of ether oxygens (including phenoxy) is 2. The van der Waals surface area contributed by atoms with E-state index in [4.69, 9.17) is 21.1 Å². The monoisotopic (exact) mass is 651 g/mol. The number of carbonyl (C=O) groups is 2. The summed E-state index contributed by atoms with van der Waals surface area (Å²) in [7, 11) is 0. The Kier molecular flexibility index (Phi) is 8.36. The first kappa shape index (κ1) is 31.3. The van der Waals surface area contributed by atoms with Crippen LogP contribution >= 0.6 is 11.6 Å². The Hall–Kier alpha value is -5.74. The molecule has 3 aromatic carbocycles. The molecule has 0 fully saturated rings. The lowest BCUT2D eigenvalue weighted by Gasteiger charge is -2.16. The highest BCUT2D eigenvalue weighted by Crippen LogP contribution is 2.33. The summed E-state index contributed by atoms with van der Waals surface area (Å²) < 4.78 is 12.2. The molecule has 14 heteroatoms. The first-order valence-corrected chi connectivity index (χ1v) is 15.0. The van der Waals surface area contributed by atoms with Crippen LogP contribution in [0.1, 0.15) is 69.8 Å². The van der Waals surface area contributed by atoms with Gasteiger partial charge in [-0.15, -0.1) is 10.2 Å². The summed E-state index contributed by atoms with van der Waals surface area (Å²) in [5.74, 6) is 0.764. The molecule has 0 spiro atoms. The third-order valence-corrected chi connectivity index (χ3v) is 7.66. The van der Waals surface area contributed by atoms with Crippen LogP contribution in [0, 0.1) is 18.3 Å². The van der Waals surface area contributed by atoms with E-state index in [2.05, 4.69) is 37.2 Å². The number of aryl methyl sites for hydroxylation is 1. The van der Waals surface area contributed by atoms with Gasteiger partial charge in [-0.05, 0) is 65.7 Å². The minimum atomic E-state index is -0.553. The Bertz CT molecular complexity index is 2060. The number of rotatable bonds is 8. The summed E-state index contributed by atoms with van der Waals surface area (Å²) in [6.45, 7) is 8.13. The zero-order valence-electron chi connectivity index (χ0n) is 26.0. The van der Waals surface area contributed by atoms with Crippen molar-refractivity contribution in [1.82, 2.24) is 35.3 Å². The van der Waals surface area contributed by atoms with Crippen LogP contribution in [0.25, 0.3) is 5.69 Å². The second kappa shape index (κ2) is 12.6. The van der Waals surface area contributed by atoms with Crippen LogP contribution in [-0.2, 0) is 18.5 Å². The Morgan fingerprint density at radius 1 is 1.02 bits per heavy atom. The molecule has 47 heavy (non-hydrogen) atoms. The topological polar surface area (TPSA) is 162 Å². The fraction of sp³-hybridized carbons (Fsp3) is 0.242. The van der Waals surface area contributed by atoms with Crippen molar-refractivity contribution < 1.29 is 19.1 Å². The van der Waals surface area contributed by atoms with Gasteiger partial charge in [-0.25, -0.2) is 4.68 Å². The number of carbonyl (C=O) groups excluding carboxylic acids is 2. The summed E-state index contributed by atoms with van der Waals surface area (Å²) in [5.41, 5.74) is 2.77. The number of fused-ring (bicyclic) bond motifs is 1. The smallest absolute Gasteiger partial charge is 0.274 e. The zero-order valence-corrected chi connectivity index (χ0v) is 26.8. The third kappa shape index (κ3) is 6.63. The fourth-order valence-electron chi connectivity index (χ4n) is 4.93. The normalized spacial score (nSPS) is 12.1. The van der Waals surface area contributed by atoms with Crippen molar-refractivity contribution in [1.29, 1.82) is 5.26 Å². The van der Waals surface area contributed by atoms with Crippen LogP contribution in [0.15, 0.2) is 60.7 Å². The van der Waals surface area contributed by atoms with Gasteiger partial charge >= 0.3 is 0 Å². The SMILES string of the molecule is Cc1cc(C#N)cc(C(=O)NCc2ccc3c(c2)OCO3)c1NC(=O)c1cc(Cn2nnc(C(C)(C)C)n2)nn1-c1ccccc1Cl. The van der Waals surface area contributed by atoms with Crippen LogP contribution in [0.2, 0.25) is 5.02 Å². The van der Waals surface area contributed by atoms with Crippen LogP contribution in [0.5, 0.6) is 11.5 Å². The van der Waals surface area contributed by atoms with Gasteiger partial charge < -0.3 is 20.1 Å². The van der Waals surface area contributed by atoms with E-state index in [0.717, 1.165) is 5.56 Å². The number of nitrogens with zero attached hydrogens (tertiary/aromatic N) is 7. The first-order valence-electron chi connectivity index (χ1n) is 14.6. The lowest BCUT2D eigenvalue weighted by atomic mass is 9.96. The molecule has 3 heterocycles. The second-order valence-electron chi connectivity index (χ2n) is 11.9. The van der Waals surface area contributed by atoms with E-state index in [1.54, 1.807) is 55.5 Å². The van der Waals surface area contributed by atoms with Gasteiger partial charge in [0.25, 0.3) is 11.8 Å². The van der Waals surface area contributed by atoms with Gasteiger partial charge in [-0.2, -0.15) is 15.2 Å².